The van der Waals surface area contributed by atoms with Crippen LogP contribution in [0.2, 0.25) is 0 Å². The number of methoxy groups -OCH3 is 1. The Labute approximate surface area is 373 Å². The summed E-state index contributed by atoms with van der Waals surface area (Å²) in [7, 11) is 7.09. The number of carbonyl (C=O) groups excluding carboxylic acids is 4. The first-order valence-corrected chi connectivity index (χ1v) is 22.3. The van der Waals surface area contributed by atoms with Gasteiger partial charge in [0.15, 0.2) is 0 Å². The first-order valence-electron chi connectivity index (χ1n) is 22.3. The Balaban J connectivity index is 0.00000242. The van der Waals surface area contributed by atoms with Crippen LogP contribution in [0, 0.1) is 17.3 Å². The number of aryl methyl sites for hydroxylation is 1. The Morgan fingerprint density at radius 1 is 1.06 bits per heavy atom. The van der Waals surface area contributed by atoms with Gasteiger partial charge in [-0.25, -0.2) is 5.43 Å². The number of fused-ring (bicyclic) bond motifs is 1. The third kappa shape index (κ3) is 11.8. The van der Waals surface area contributed by atoms with Crippen LogP contribution < -0.4 is 16.1 Å². The van der Waals surface area contributed by atoms with Crippen molar-refractivity contribution in [3.63, 3.8) is 0 Å². The van der Waals surface area contributed by atoms with Crippen molar-refractivity contribution in [1.82, 2.24) is 35.5 Å². The zero-order valence-corrected chi connectivity index (χ0v) is 38.9. The highest BCUT2D eigenvalue weighted by molar-refractivity contribution is 5.96. The number of nitrogens with zero attached hydrogens (tertiary/aromatic N) is 4. The molecule has 2 aromatic heterocycles. The first kappa shape index (κ1) is 48.7. The number of rotatable bonds is 18. The van der Waals surface area contributed by atoms with E-state index in [4.69, 9.17) is 14.5 Å². The van der Waals surface area contributed by atoms with Gasteiger partial charge < -0.3 is 34.7 Å². The monoisotopic (exact) mass is 868 g/mol. The second-order valence-electron chi connectivity index (χ2n) is 18.0. The van der Waals surface area contributed by atoms with Crippen molar-refractivity contribution in [3.05, 3.63) is 71.5 Å². The van der Waals surface area contributed by atoms with Gasteiger partial charge in [-0.15, -0.1) is 0 Å². The Morgan fingerprint density at radius 2 is 1.79 bits per heavy atom. The third-order valence-electron chi connectivity index (χ3n) is 11.8. The van der Waals surface area contributed by atoms with Gasteiger partial charge in [0.2, 0.25) is 11.8 Å². The smallest absolute Gasteiger partial charge is 0.293 e. The van der Waals surface area contributed by atoms with Crippen molar-refractivity contribution < 1.29 is 33.8 Å². The predicted molar refractivity (Wildman–Crippen MR) is 247 cm³/mol. The Morgan fingerprint density at radius 3 is 2.41 bits per heavy atom. The summed E-state index contributed by atoms with van der Waals surface area (Å²) in [5.41, 5.74) is 9.90. The third-order valence-corrected chi connectivity index (χ3v) is 11.8. The Bertz CT molecular complexity index is 2210. The summed E-state index contributed by atoms with van der Waals surface area (Å²) in [6.07, 6.45) is 5.63. The van der Waals surface area contributed by atoms with E-state index in [0.717, 1.165) is 70.2 Å². The predicted octanol–water partition coefficient (Wildman–Crippen LogP) is 6.43. The quantitative estimate of drug-likeness (QED) is 0.0820. The number of likely N-dealkylation sites (N-methyl/N-ethyl adjacent to an activating group) is 1. The lowest BCUT2D eigenvalue weighted by Gasteiger charge is -2.34. The molecular weight excluding hydrogens is 799 g/mol. The number of aromatic hydroxyl groups is 1. The Hall–Kier alpha value is -5.31. The van der Waals surface area contributed by atoms with Crippen LogP contribution in [-0.4, -0.2) is 109 Å². The van der Waals surface area contributed by atoms with E-state index in [9.17, 15) is 24.3 Å². The van der Waals surface area contributed by atoms with Crippen molar-refractivity contribution >= 4 is 35.1 Å². The normalized spacial score (nSPS) is 15.6. The fraction of sp³-hybridized carbons (Fsp3) is 0.531. The van der Waals surface area contributed by atoms with Gasteiger partial charge in [0.05, 0.1) is 24.1 Å². The molecule has 3 amide bonds. The molecular formula is C49H69N7O7. The number of aromatic nitrogens is 2. The number of nitrogens with one attached hydrogen (secondary N) is 3. The van der Waals surface area contributed by atoms with Gasteiger partial charge in [-0.1, -0.05) is 39.8 Å². The average molecular weight is 868 g/mol. The van der Waals surface area contributed by atoms with Crippen LogP contribution in [0.25, 0.3) is 33.3 Å². The zero-order chi connectivity index (χ0) is 46.0. The van der Waals surface area contributed by atoms with Crippen molar-refractivity contribution in [1.29, 1.82) is 0 Å². The molecule has 2 aromatic carbocycles. The molecule has 6 rings (SSSR count). The van der Waals surface area contributed by atoms with Crippen LogP contribution in [0.15, 0.2) is 54.7 Å². The number of hydrogen-bond acceptors (Lipinski definition) is 10. The summed E-state index contributed by atoms with van der Waals surface area (Å²) >= 11 is 0. The minimum Gasteiger partial charge on any atom is -0.508 e. The lowest BCUT2D eigenvalue weighted by Crippen LogP contribution is -2.59. The minimum atomic E-state index is -0.961. The van der Waals surface area contributed by atoms with Crippen molar-refractivity contribution in [2.45, 2.75) is 105 Å². The molecule has 0 spiro atoms. The molecule has 0 radical (unpaired) electrons. The summed E-state index contributed by atoms with van der Waals surface area (Å²) in [6, 6.07) is 13.8. The summed E-state index contributed by atoms with van der Waals surface area (Å²) in [6.45, 7) is 14.6. The fourth-order valence-corrected chi connectivity index (χ4v) is 8.66. The molecule has 2 aliphatic rings. The number of phenols is 1. The zero-order valence-electron chi connectivity index (χ0n) is 38.9. The minimum absolute atomic E-state index is 0.0266. The highest BCUT2D eigenvalue weighted by Gasteiger charge is 2.39. The van der Waals surface area contributed by atoms with E-state index < -0.39 is 17.5 Å². The van der Waals surface area contributed by atoms with Crippen molar-refractivity contribution in [2.75, 3.05) is 47.9 Å². The number of ether oxygens (including phenoxy) is 2. The van der Waals surface area contributed by atoms with Gasteiger partial charge in [-0.2, -0.15) is 0 Å². The van der Waals surface area contributed by atoms with Gasteiger partial charge in [0.1, 0.15) is 17.8 Å². The molecule has 4 N–H and O–H groups in total. The number of benzene rings is 2. The lowest BCUT2D eigenvalue weighted by molar-refractivity contribution is -0.144. The molecule has 4 aromatic rings. The molecule has 3 atom stereocenters. The molecule has 63 heavy (non-hydrogen) atoms. The number of hydrogen-bond donors (Lipinski definition) is 4. The van der Waals surface area contributed by atoms with E-state index in [1.807, 2.05) is 53.1 Å². The summed E-state index contributed by atoms with van der Waals surface area (Å²) in [5, 5.41) is 19.6. The van der Waals surface area contributed by atoms with Crippen LogP contribution >= 0.6 is 0 Å². The van der Waals surface area contributed by atoms with Crippen molar-refractivity contribution in [3.8, 4) is 28.1 Å². The van der Waals surface area contributed by atoms with Gasteiger partial charge >= 0.3 is 0 Å². The maximum atomic E-state index is 14.2. The summed E-state index contributed by atoms with van der Waals surface area (Å²) in [4.78, 5) is 59.0. The molecule has 14 heteroatoms. The molecule has 2 fully saturated rings. The largest absolute Gasteiger partial charge is 0.508 e. The standard InChI is InChI=1S/C47H62N6O7.C2H7N/c1-9-52-40-17-16-33(25-37(40)38(26-47(5,6)27-60-28-54)43(52)36-13-12-18-48-41(36)30(4)59-8)34-21-31(22-35(55)24-34)23-39(46(58)53-20-11-10-19-49-53)50-44(56)42(29(2)3)51(7)45(57)32-14-15-32;1-3-2/h12-13,16-18,21-22,24-25,28-30,32,39,42,49,55H,9-11,14-15,19-20,23,26-27H2,1-8H3,(H,50,56);3H,1-2H3. The van der Waals surface area contributed by atoms with Gasteiger partial charge in [0, 0.05) is 74.2 Å². The van der Waals surface area contributed by atoms with Gasteiger partial charge in [0.25, 0.3) is 12.4 Å². The van der Waals surface area contributed by atoms with E-state index in [2.05, 4.69) is 59.6 Å². The maximum absolute atomic E-state index is 14.2. The molecule has 1 aliphatic heterocycles. The summed E-state index contributed by atoms with van der Waals surface area (Å²) < 4.78 is 13.4. The Kier molecular flexibility index (Phi) is 16.9. The molecule has 1 aliphatic carbocycles. The number of pyridine rings is 1. The molecule has 14 nitrogen and oxygen atoms in total. The molecule has 3 unspecified atom stereocenters. The van der Waals surface area contributed by atoms with E-state index in [1.165, 1.54) is 4.90 Å². The second-order valence-corrected chi connectivity index (χ2v) is 18.0. The highest BCUT2D eigenvalue weighted by Crippen LogP contribution is 2.42. The summed E-state index contributed by atoms with van der Waals surface area (Å²) in [5.74, 6) is -0.921. The molecule has 0 bridgehead atoms. The number of amides is 3. The van der Waals surface area contributed by atoms with E-state index in [1.54, 1.807) is 37.5 Å². The van der Waals surface area contributed by atoms with E-state index >= 15 is 0 Å². The number of carbonyl (C=O) groups is 4. The SMILES string of the molecule is CCn1c(-c2cccnc2C(C)OC)c(CC(C)(C)COC=O)c2cc(-c3cc(O)cc(CC(NC(=O)C(C(C)C)N(C)C(=O)C4CC4)C(=O)N4CCCCN4)c3)ccc21.CNC. The van der Waals surface area contributed by atoms with E-state index in [-0.39, 0.29) is 54.4 Å². The van der Waals surface area contributed by atoms with Crippen LogP contribution in [0.4, 0.5) is 0 Å². The number of hydrazine groups is 1. The van der Waals surface area contributed by atoms with Gasteiger partial charge in [-0.3, -0.25) is 29.2 Å². The average Bonchev–Trinajstić information content (AvgIpc) is 4.08. The number of phenolic OH excluding ortho intramolecular Hbond substituents is 1. The van der Waals surface area contributed by atoms with Gasteiger partial charge in [-0.05, 0) is 125 Å². The first-order chi connectivity index (χ1) is 30.1. The maximum Gasteiger partial charge on any atom is 0.293 e. The lowest BCUT2D eigenvalue weighted by atomic mass is 9.84. The molecule has 342 valence electrons. The molecule has 1 saturated heterocycles. The highest BCUT2D eigenvalue weighted by atomic mass is 16.5. The van der Waals surface area contributed by atoms with E-state index in [0.29, 0.717) is 38.1 Å². The van der Waals surface area contributed by atoms with Crippen molar-refractivity contribution in [2.24, 2.45) is 17.3 Å². The van der Waals surface area contributed by atoms with Crippen LogP contribution in [0.5, 0.6) is 5.75 Å². The van der Waals surface area contributed by atoms with Crippen LogP contribution in [0.3, 0.4) is 0 Å². The topological polar surface area (TPSA) is 167 Å². The molecule has 1 saturated carbocycles. The van der Waals surface area contributed by atoms with Crippen LogP contribution in [-0.2, 0) is 48.0 Å². The second kappa shape index (κ2) is 21.9. The fourth-order valence-electron chi connectivity index (χ4n) is 8.66. The molecule has 3 heterocycles. The van der Waals surface area contributed by atoms with Crippen LogP contribution in [0.1, 0.15) is 90.2 Å².